The standard InChI is InChI=1S/C15H26N2O2/c1-4-9-16-14(5-2)15-8-7-13(12-17-15)19-11-10-18-6-3/h7-8,12,14,16H,4-6,9-11H2,1-3H3. The molecule has 1 rings (SSSR count). The van der Waals surface area contributed by atoms with Crippen LogP contribution in [-0.2, 0) is 4.74 Å². The molecule has 0 saturated heterocycles. The van der Waals surface area contributed by atoms with Crippen LogP contribution in [0.25, 0.3) is 0 Å². The lowest BCUT2D eigenvalue weighted by atomic mass is 10.1. The summed E-state index contributed by atoms with van der Waals surface area (Å²) in [4.78, 5) is 4.47. The molecule has 0 spiro atoms. The molecule has 4 heteroatoms. The van der Waals surface area contributed by atoms with Gasteiger partial charge >= 0.3 is 0 Å². The average molecular weight is 266 g/mol. The molecule has 0 saturated carbocycles. The van der Waals surface area contributed by atoms with Crippen molar-refractivity contribution >= 4 is 0 Å². The van der Waals surface area contributed by atoms with Gasteiger partial charge in [0.25, 0.3) is 0 Å². The van der Waals surface area contributed by atoms with Crippen molar-refractivity contribution in [2.45, 2.75) is 39.7 Å². The molecule has 1 heterocycles. The SMILES string of the molecule is CCCNC(CC)c1ccc(OCCOCC)cn1. The summed E-state index contributed by atoms with van der Waals surface area (Å²) in [7, 11) is 0. The lowest BCUT2D eigenvalue weighted by molar-refractivity contribution is 0.110. The lowest BCUT2D eigenvalue weighted by Gasteiger charge is -2.16. The molecular formula is C15H26N2O2. The molecule has 1 atom stereocenters. The maximum Gasteiger partial charge on any atom is 0.137 e. The van der Waals surface area contributed by atoms with Gasteiger partial charge in [0.15, 0.2) is 0 Å². The molecule has 0 radical (unpaired) electrons. The Kier molecular flexibility index (Phi) is 8.18. The third-order valence-electron chi connectivity index (χ3n) is 2.87. The number of hydrogen-bond acceptors (Lipinski definition) is 4. The molecular weight excluding hydrogens is 240 g/mol. The van der Waals surface area contributed by atoms with Crippen molar-refractivity contribution in [2.24, 2.45) is 0 Å². The van der Waals surface area contributed by atoms with Gasteiger partial charge < -0.3 is 14.8 Å². The summed E-state index contributed by atoms with van der Waals surface area (Å²) >= 11 is 0. The molecule has 1 unspecified atom stereocenters. The first-order valence-electron chi connectivity index (χ1n) is 7.21. The van der Waals surface area contributed by atoms with Gasteiger partial charge in [0.2, 0.25) is 0 Å². The number of hydrogen-bond donors (Lipinski definition) is 1. The van der Waals surface area contributed by atoms with Gasteiger partial charge in [-0.05, 0) is 38.4 Å². The second kappa shape index (κ2) is 9.75. The number of pyridine rings is 1. The molecule has 1 aromatic rings. The summed E-state index contributed by atoms with van der Waals surface area (Å²) in [5.74, 6) is 0.800. The van der Waals surface area contributed by atoms with Crippen LogP contribution in [0.4, 0.5) is 0 Å². The van der Waals surface area contributed by atoms with Gasteiger partial charge in [0.1, 0.15) is 12.4 Å². The van der Waals surface area contributed by atoms with E-state index in [0.29, 0.717) is 19.3 Å². The Morgan fingerprint density at radius 3 is 2.63 bits per heavy atom. The van der Waals surface area contributed by atoms with Crippen LogP contribution in [0, 0.1) is 0 Å². The van der Waals surface area contributed by atoms with E-state index in [0.717, 1.165) is 37.4 Å². The Morgan fingerprint density at radius 1 is 1.21 bits per heavy atom. The second-order valence-electron chi connectivity index (χ2n) is 4.38. The highest BCUT2D eigenvalue weighted by atomic mass is 16.5. The Balaban J connectivity index is 2.45. The second-order valence-corrected chi connectivity index (χ2v) is 4.38. The van der Waals surface area contributed by atoms with Gasteiger partial charge in [-0.15, -0.1) is 0 Å². The maximum atomic E-state index is 5.55. The number of rotatable bonds is 10. The van der Waals surface area contributed by atoms with Crippen LogP contribution in [0.5, 0.6) is 5.75 Å². The molecule has 19 heavy (non-hydrogen) atoms. The van der Waals surface area contributed by atoms with E-state index >= 15 is 0 Å². The minimum absolute atomic E-state index is 0.331. The smallest absolute Gasteiger partial charge is 0.137 e. The van der Waals surface area contributed by atoms with Crippen molar-refractivity contribution in [3.8, 4) is 5.75 Å². The van der Waals surface area contributed by atoms with Crippen molar-refractivity contribution in [3.63, 3.8) is 0 Å². The zero-order chi connectivity index (χ0) is 13.9. The zero-order valence-corrected chi connectivity index (χ0v) is 12.3. The molecule has 1 N–H and O–H groups in total. The quantitative estimate of drug-likeness (QED) is 0.661. The van der Waals surface area contributed by atoms with Crippen LogP contribution in [0.15, 0.2) is 18.3 Å². The monoisotopic (exact) mass is 266 g/mol. The summed E-state index contributed by atoms with van der Waals surface area (Å²) in [6.07, 6.45) is 3.96. The van der Waals surface area contributed by atoms with Gasteiger partial charge in [0, 0.05) is 12.6 Å². The van der Waals surface area contributed by atoms with Crippen molar-refractivity contribution < 1.29 is 9.47 Å². The van der Waals surface area contributed by atoms with E-state index < -0.39 is 0 Å². The lowest BCUT2D eigenvalue weighted by Crippen LogP contribution is -2.22. The Labute approximate surface area is 116 Å². The topological polar surface area (TPSA) is 43.4 Å². The maximum absolute atomic E-state index is 5.55. The molecule has 0 bridgehead atoms. The third-order valence-corrected chi connectivity index (χ3v) is 2.87. The van der Waals surface area contributed by atoms with E-state index in [1.54, 1.807) is 6.20 Å². The fraction of sp³-hybridized carbons (Fsp3) is 0.667. The van der Waals surface area contributed by atoms with Crippen molar-refractivity contribution in [3.05, 3.63) is 24.0 Å². The highest BCUT2D eigenvalue weighted by molar-refractivity contribution is 5.21. The summed E-state index contributed by atoms with van der Waals surface area (Å²) in [6.45, 7) is 9.25. The molecule has 0 fully saturated rings. The number of nitrogens with one attached hydrogen (secondary N) is 1. The minimum Gasteiger partial charge on any atom is -0.490 e. The Hall–Kier alpha value is -1.13. The van der Waals surface area contributed by atoms with E-state index in [1.165, 1.54) is 0 Å². The van der Waals surface area contributed by atoms with E-state index in [9.17, 15) is 0 Å². The molecule has 0 amide bonds. The molecule has 0 aliphatic carbocycles. The predicted octanol–water partition coefficient (Wildman–Crippen LogP) is 2.95. The normalized spacial score (nSPS) is 12.4. The highest BCUT2D eigenvalue weighted by Gasteiger charge is 2.09. The molecule has 4 nitrogen and oxygen atoms in total. The van der Waals surface area contributed by atoms with Gasteiger partial charge in [-0.25, -0.2) is 0 Å². The van der Waals surface area contributed by atoms with Crippen molar-refractivity contribution in [1.29, 1.82) is 0 Å². The Bertz CT molecular complexity index is 327. The van der Waals surface area contributed by atoms with Crippen LogP contribution in [0.2, 0.25) is 0 Å². The van der Waals surface area contributed by atoms with Crippen LogP contribution < -0.4 is 10.1 Å². The summed E-state index contributed by atoms with van der Waals surface area (Å²) < 4.78 is 10.8. The predicted molar refractivity (Wildman–Crippen MR) is 77.6 cm³/mol. The van der Waals surface area contributed by atoms with Crippen LogP contribution in [0.3, 0.4) is 0 Å². The largest absolute Gasteiger partial charge is 0.490 e. The average Bonchev–Trinajstić information content (AvgIpc) is 2.46. The number of aromatic nitrogens is 1. The van der Waals surface area contributed by atoms with E-state index in [1.807, 2.05) is 19.1 Å². The van der Waals surface area contributed by atoms with Gasteiger partial charge in [-0.2, -0.15) is 0 Å². The van der Waals surface area contributed by atoms with Gasteiger partial charge in [0.05, 0.1) is 18.5 Å². The molecule has 108 valence electrons. The first kappa shape index (κ1) is 15.9. The summed E-state index contributed by atoms with van der Waals surface area (Å²) in [5, 5.41) is 3.49. The zero-order valence-electron chi connectivity index (χ0n) is 12.3. The molecule has 0 aromatic carbocycles. The van der Waals surface area contributed by atoms with Crippen LogP contribution in [0.1, 0.15) is 45.3 Å². The number of nitrogens with zero attached hydrogens (tertiary/aromatic N) is 1. The first-order chi connectivity index (χ1) is 9.31. The van der Waals surface area contributed by atoms with Gasteiger partial charge in [-0.1, -0.05) is 13.8 Å². The first-order valence-corrected chi connectivity index (χ1v) is 7.21. The van der Waals surface area contributed by atoms with Crippen molar-refractivity contribution in [1.82, 2.24) is 10.3 Å². The van der Waals surface area contributed by atoms with Gasteiger partial charge in [-0.3, -0.25) is 4.98 Å². The fourth-order valence-corrected chi connectivity index (χ4v) is 1.82. The third kappa shape index (κ3) is 6.03. The van der Waals surface area contributed by atoms with E-state index in [-0.39, 0.29) is 0 Å². The minimum atomic E-state index is 0.331. The van der Waals surface area contributed by atoms with Crippen molar-refractivity contribution in [2.75, 3.05) is 26.4 Å². The Morgan fingerprint density at radius 2 is 2.05 bits per heavy atom. The summed E-state index contributed by atoms with van der Waals surface area (Å²) in [5.41, 5.74) is 1.08. The fourth-order valence-electron chi connectivity index (χ4n) is 1.82. The number of ether oxygens (including phenoxy) is 2. The van der Waals surface area contributed by atoms with E-state index in [2.05, 4.69) is 24.1 Å². The van der Waals surface area contributed by atoms with E-state index in [4.69, 9.17) is 9.47 Å². The molecule has 0 aliphatic heterocycles. The molecule has 0 aliphatic rings. The van der Waals surface area contributed by atoms with Crippen LogP contribution in [-0.4, -0.2) is 31.3 Å². The molecule has 1 aromatic heterocycles. The summed E-state index contributed by atoms with van der Waals surface area (Å²) in [6, 6.07) is 4.34. The van der Waals surface area contributed by atoms with Crippen LogP contribution >= 0.6 is 0 Å². The highest BCUT2D eigenvalue weighted by Crippen LogP contribution is 2.17.